The van der Waals surface area contributed by atoms with E-state index in [1.165, 1.54) is 0 Å². The topological polar surface area (TPSA) is 80.8 Å². The average Bonchev–Trinajstić information content (AvgIpc) is 2.49. The molecule has 0 amide bonds. The van der Waals surface area contributed by atoms with Crippen LogP contribution in [0.15, 0.2) is 18.2 Å². The molecule has 0 fully saturated rings. The molecule has 21 heavy (non-hydrogen) atoms. The third-order valence-corrected chi connectivity index (χ3v) is 3.18. The van der Waals surface area contributed by atoms with Crippen molar-refractivity contribution in [2.24, 2.45) is 5.73 Å². The summed E-state index contributed by atoms with van der Waals surface area (Å²) in [6, 6.07) is 5.72. The van der Waals surface area contributed by atoms with E-state index in [0.717, 1.165) is 25.2 Å². The number of methoxy groups -OCH3 is 3. The molecule has 0 aliphatic heterocycles. The molecule has 1 rings (SSSR count). The number of ether oxygens (including phenoxy) is 3. The second kappa shape index (κ2) is 9.33. The summed E-state index contributed by atoms with van der Waals surface area (Å²) in [4.78, 5) is 2.23. The molecule has 0 spiro atoms. The Hall–Kier alpha value is -1.63. The summed E-state index contributed by atoms with van der Waals surface area (Å²) >= 11 is 0. The van der Waals surface area contributed by atoms with Crippen LogP contribution < -0.4 is 10.5 Å². The third kappa shape index (κ3) is 5.71. The number of hydrogen-bond donors (Lipinski definition) is 2. The van der Waals surface area contributed by atoms with E-state index in [4.69, 9.17) is 25.4 Å². The van der Waals surface area contributed by atoms with Gasteiger partial charge in [0.25, 0.3) is 0 Å². The van der Waals surface area contributed by atoms with Gasteiger partial charge in [-0.2, -0.15) is 0 Å². The van der Waals surface area contributed by atoms with E-state index in [2.05, 4.69) is 4.90 Å². The third-order valence-electron chi connectivity index (χ3n) is 3.18. The van der Waals surface area contributed by atoms with Crippen molar-refractivity contribution in [3.63, 3.8) is 0 Å². The molecule has 0 saturated heterocycles. The average molecular weight is 295 g/mol. The molecular formula is C15H25N3O3. The van der Waals surface area contributed by atoms with E-state index in [1.54, 1.807) is 21.3 Å². The maximum atomic E-state index is 7.62. The lowest BCUT2D eigenvalue weighted by molar-refractivity contribution is 0.110. The summed E-state index contributed by atoms with van der Waals surface area (Å²) in [6.45, 7) is 3.72. The van der Waals surface area contributed by atoms with Gasteiger partial charge in [-0.05, 0) is 17.7 Å². The van der Waals surface area contributed by atoms with E-state index < -0.39 is 0 Å². The smallest absolute Gasteiger partial charge is 0.129 e. The van der Waals surface area contributed by atoms with Crippen molar-refractivity contribution < 1.29 is 14.2 Å². The molecule has 0 aromatic heterocycles. The van der Waals surface area contributed by atoms with Gasteiger partial charge in [0.1, 0.15) is 11.6 Å². The normalized spacial score (nSPS) is 10.9. The zero-order chi connectivity index (χ0) is 15.7. The Morgan fingerprint density at radius 1 is 1.14 bits per heavy atom. The standard InChI is InChI=1S/C15H25N3O3/c1-19-8-6-18(7-9-20-2)11-12-4-5-14(21-3)13(10-12)15(16)17/h4-5,10H,6-9,11H2,1-3H3,(H3,16,17). The molecule has 0 unspecified atom stereocenters. The highest BCUT2D eigenvalue weighted by Gasteiger charge is 2.10. The van der Waals surface area contributed by atoms with Crippen LogP contribution in [0.5, 0.6) is 5.75 Å². The van der Waals surface area contributed by atoms with Gasteiger partial charge in [-0.25, -0.2) is 0 Å². The summed E-state index contributed by atoms with van der Waals surface area (Å²) < 4.78 is 15.5. The molecule has 0 aliphatic carbocycles. The van der Waals surface area contributed by atoms with Gasteiger partial charge < -0.3 is 19.9 Å². The van der Waals surface area contributed by atoms with E-state index in [9.17, 15) is 0 Å². The Labute approximate surface area is 126 Å². The number of amidine groups is 1. The molecule has 6 nitrogen and oxygen atoms in total. The second-order valence-corrected chi connectivity index (χ2v) is 4.71. The molecule has 0 bridgehead atoms. The van der Waals surface area contributed by atoms with E-state index in [0.29, 0.717) is 24.5 Å². The molecule has 0 radical (unpaired) electrons. The number of nitrogen functional groups attached to an aromatic ring is 1. The molecule has 118 valence electrons. The van der Waals surface area contributed by atoms with Gasteiger partial charge in [0.05, 0.1) is 25.9 Å². The summed E-state index contributed by atoms with van der Waals surface area (Å²) in [5, 5.41) is 7.62. The van der Waals surface area contributed by atoms with Crippen LogP contribution in [0, 0.1) is 5.41 Å². The molecule has 0 heterocycles. The lowest BCUT2D eigenvalue weighted by Crippen LogP contribution is -2.30. The molecule has 1 aromatic rings. The summed E-state index contributed by atoms with van der Waals surface area (Å²) in [5.74, 6) is 0.626. The number of rotatable bonds is 10. The maximum Gasteiger partial charge on any atom is 0.129 e. The monoisotopic (exact) mass is 295 g/mol. The zero-order valence-electron chi connectivity index (χ0n) is 13.0. The molecule has 0 saturated carbocycles. The first-order valence-electron chi connectivity index (χ1n) is 6.84. The minimum absolute atomic E-state index is 0.00836. The number of benzene rings is 1. The van der Waals surface area contributed by atoms with Crippen LogP contribution in [0.3, 0.4) is 0 Å². The fourth-order valence-corrected chi connectivity index (χ4v) is 2.03. The van der Waals surface area contributed by atoms with Crippen LogP contribution in [0.2, 0.25) is 0 Å². The highest BCUT2D eigenvalue weighted by molar-refractivity contribution is 5.97. The molecule has 0 atom stereocenters. The molecule has 1 aromatic carbocycles. The van der Waals surface area contributed by atoms with Crippen LogP contribution in [0.4, 0.5) is 0 Å². The Morgan fingerprint density at radius 2 is 1.76 bits per heavy atom. The van der Waals surface area contributed by atoms with E-state index in [-0.39, 0.29) is 5.84 Å². The van der Waals surface area contributed by atoms with Crippen LogP contribution >= 0.6 is 0 Å². The summed E-state index contributed by atoms with van der Waals surface area (Å²) in [5.41, 5.74) is 7.30. The Bertz CT molecular complexity index is 444. The van der Waals surface area contributed by atoms with Crippen molar-refractivity contribution in [3.05, 3.63) is 29.3 Å². The molecule has 6 heteroatoms. The van der Waals surface area contributed by atoms with Gasteiger partial charge in [-0.1, -0.05) is 6.07 Å². The zero-order valence-corrected chi connectivity index (χ0v) is 13.0. The predicted molar refractivity (Wildman–Crippen MR) is 83.0 cm³/mol. The highest BCUT2D eigenvalue weighted by atomic mass is 16.5. The number of hydrogen-bond acceptors (Lipinski definition) is 5. The van der Waals surface area contributed by atoms with Crippen molar-refractivity contribution in [2.45, 2.75) is 6.54 Å². The van der Waals surface area contributed by atoms with Crippen LogP contribution in [0.1, 0.15) is 11.1 Å². The van der Waals surface area contributed by atoms with Crippen LogP contribution in [0.25, 0.3) is 0 Å². The van der Waals surface area contributed by atoms with Crippen molar-refractivity contribution >= 4 is 5.84 Å². The Kier molecular flexibility index (Phi) is 7.74. The highest BCUT2D eigenvalue weighted by Crippen LogP contribution is 2.20. The van der Waals surface area contributed by atoms with Crippen LogP contribution in [-0.4, -0.2) is 58.4 Å². The van der Waals surface area contributed by atoms with E-state index >= 15 is 0 Å². The first-order valence-corrected chi connectivity index (χ1v) is 6.84. The first-order chi connectivity index (χ1) is 10.1. The number of nitrogens with one attached hydrogen (secondary N) is 1. The lowest BCUT2D eigenvalue weighted by atomic mass is 10.1. The minimum Gasteiger partial charge on any atom is -0.496 e. The Morgan fingerprint density at radius 3 is 2.24 bits per heavy atom. The largest absolute Gasteiger partial charge is 0.496 e. The van der Waals surface area contributed by atoms with Gasteiger partial charge in [0.2, 0.25) is 0 Å². The maximum absolute atomic E-state index is 7.62. The molecular weight excluding hydrogens is 270 g/mol. The SMILES string of the molecule is COCCN(CCOC)Cc1ccc(OC)c(C(=N)N)c1. The number of nitrogens with zero attached hydrogens (tertiary/aromatic N) is 1. The van der Waals surface area contributed by atoms with Gasteiger partial charge >= 0.3 is 0 Å². The predicted octanol–water partition coefficient (Wildman–Crippen LogP) is 1.07. The quantitative estimate of drug-likeness (QED) is 0.498. The molecule has 3 N–H and O–H groups in total. The lowest BCUT2D eigenvalue weighted by Gasteiger charge is -2.22. The van der Waals surface area contributed by atoms with Crippen LogP contribution in [-0.2, 0) is 16.0 Å². The van der Waals surface area contributed by atoms with Gasteiger partial charge in [0, 0.05) is 33.9 Å². The van der Waals surface area contributed by atoms with Crippen molar-refractivity contribution in [1.82, 2.24) is 4.90 Å². The minimum atomic E-state index is 0.00836. The molecule has 0 aliphatic rings. The fraction of sp³-hybridized carbons (Fsp3) is 0.533. The van der Waals surface area contributed by atoms with Gasteiger partial charge in [-0.3, -0.25) is 10.3 Å². The fourth-order valence-electron chi connectivity index (χ4n) is 2.03. The van der Waals surface area contributed by atoms with Crippen molar-refractivity contribution in [3.8, 4) is 5.75 Å². The van der Waals surface area contributed by atoms with Crippen molar-refractivity contribution in [2.75, 3.05) is 47.6 Å². The summed E-state index contributed by atoms with van der Waals surface area (Å²) in [7, 11) is 4.95. The summed E-state index contributed by atoms with van der Waals surface area (Å²) in [6.07, 6.45) is 0. The number of nitrogens with two attached hydrogens (primary N) is 1. The first kappa shape index (κ1) is 17.4. The van der Waals surface area contributed by atoms with Gasteiger partial charge in [0.15, 0.2) is 0 Å². The Balaban J connectivity index is 2.82. The van der Waals surface area contributed by atoms with Gasteiger partial charge in [-0.15, -0.1) is 0 Å². The van der Waals surface area contributed by atoms with E-state index in [1.807, 2.05) is 18.2 Å². The van der Waals surface area contributed by atoms with Crippen molar-refractivity contribution in [1.29, 1.82) is 5.41 Å². The second-order valence-electron chi connectivity index (χ2n) is 4.71.